The number of esters is 1. The van der Waals surface area contributed by atoms with Crippen LogP contribution >= 0.6 is 0 Å². The SMILES string of the molecule is COC(=O)C1CC(=O)N(Cc2ccccc2)C12CCN(Cc1ccnc3ccccc13)CC2. The first kappa shape index (κ1) is 21.6. The number of amides is 1. The summed E-state index contributed by atoms with van der Waals surface area (Å²) >= 11 is 0. The van der Waals surface area contributed by atoms with Crippen LogP contribution in [0.5, 0.6) is 0 Å². The number of fused-ring (bicyclic) bond motifs is 1. The highest BCUT2D eigenvalue weighted by Crippen LogP contribution is 2.45. The van der Waals surface area contributed by atoms with Crippen LogP contribution in [0, 0.1) is 5.92 Å². The van der Waals surface area contributed by atoms with Gasteiger partial charge in [-0.3, -0.25) is 19.5 Å². The molecule has 170 valence electrons. The molecule has 3 heterocycles. The Labute approximate surface area is 194 Å². The minimum atomic E-state index is -0.489. The number of benzene rings is 2. The molecule has 2 aromatic carbocycles. The highest BCUT2D eigenvalue weighted by Gasteiger charge is 2.56. The number of methoxy groups -OCH3 is 1. The van der Waals surface area contributed by atoms with Crippen molar-refractivity contribution in [3.05, 3.63) is 78.0 Å². The van der Waals surface area contributed by atoms with Gasteiger partial charge in [0.2, 0.25) is 5.91 Å². The van der Waals surface area contributed by atoms with E-state index in [1.807, 2.05) is 59.6 Å². The van der Waals surface area contributed by atoms with Gasteiger partial charge in [0.15, 0.2) is 0 Å². The maximum Gasteiger partial charge on any atom is 0.311 e. The summed E-state index contributed by atoms with van der Waals surface area (Å²) in [7, 11) is 1.42. The van der Waals surface area contributed by atoms with Crippen molar-refractivity contribution in [3.8, 4) is 0 Å². The van der Waals surface area contributed by atoms with E-state index in [-0.39, 0.29) is 18.3 Å². The number of aromatic nitrogens is 1. The smallest absolute Gasteiger partial charge is 0.311 e. The average molecular weight is 444 g/mol. The number of carbonyl (C=O) groups excluding carboxylic acids is 2. The van der Waals surface area contributed by atoms with Crippen molar-refractivity contribution in [2.24, 2.45) is 5.92 Å². The molecule has 0 N–H and O–H groups in total. The molecular weight excluding hydrogens is 414 g/mol. The minimum Gasteiger partial charge on any atom is -0.469 e. The maximum atomic E-state index is 13.1. The minimum absolute atomic E-state index is 0.0443. The number of carbonyl (C=O) groups is 2. The zero-order valence-electron chi connectivity index (χ0n) is 18.9. The van der Waals surface area contributed by atoms with Crippen LogP contribution in [0.3, 0.4) is 0 Å². The predicted molar refractivity (Wildman–Crippen MR) is 126 cm³/mol. The molecule has 6 heteroatoms. The standard InChI is InChI=1S/C27H29N3O3/c1-33-26(32)23-17-25(31)30(18-20-7-3-2-4-8-20)27(23)12-15-29(16-13-27)19-21-11-14-28-24-10-6-5-9-22(21)24/h2-11,14,23H,12-13,15-19H2,1H3. The molecule has 33 heavy (non-hydrogen) atoms. The lowest BCUT2D eigenvalue weighted by molar-refractivity contribution is -0.150. The number of hydrogen-bond acceptors (Lipinski definition) is 5. The molecule has 1 amide bonds. The van der Waals surface area contributed by atoms with Crippen LogP contribution in [-0.2, 0) is 27.4 Å². The Balaban J connectivity index is 1.38. The molecular formula is C27H29N3O3. The van der Waals surface area contributed by atoms with Crippen molar-refractivity contribution in [2.75, 3.05) is 20.2 Å². The van der Waals surface area contributed by atoms with Gasteiger partial charge in [0.1, 0.15) is 0 Å². The topological polar surface area (TPSA) is 62.7 Å². The molecule has 5 rings (SSSR count). The van der Waals surface area contributed by atoms with Crippen molar-refractivity contribution >= 4 is 22.8 Å². The highest BCUT2D eigenvalue weighted by atomic mass is 16.5. The maximum absolute atomic E-state index is 13.1. The second-order valence-electron chi connectivity index (χ2n) is 9.11. The fourth-order valence-electron chi connectivity index (χ4n) is 5.62. The van der Waals surface area contributed by atoms with Crippen molar-refractivity contribution in [2.45, 2.75) is 37.9 Å². The summed E-state index contributed by atoms with van der Waals surface area (Å²) in [5.41, 5.74) is 2.85. The van der Waals surface area contributed by atoms with E-state index in [0.29, 0.717) is 6.54 Å². The van der Waals surface area contributed by atoms with Crippen LogP contribution in [0.4, 0.5) is 0 Å². The van der Waals surface area contributed by atoms with Gasteiger partial charge in [-0.2, -0.15) is 0 Å². The van der Waals surface area contributed by atoms with Gasteiger partial charge < -0.3 is 9.64 Å². The summed E-state index contributed by atoms with van der Waals surface area (Å²) in [6.45, 7) is 3.00. The molecule has 6 nitrogen and oxygen atoms in total. The third kappa shape index (κ3) is 4.00. The molecule has 0 bridgehead atoms. The number of piperidine rings is 1. The molecule has 3 aromatic rings. The number of nitrogens with zero attached hydrogens (tertiary/aromatic N) is 3. The summed E-state index contributed by atoms with van der Waals surface area (Å²) in [6, 6.07) is 20.3. The molecule has 0 radical (unpaired) electrons. The van der Waals surface area contributed by atoms with E-state index < -0.39 is 11.5 Å². The van der Waals surface area contributed by atoms with E-state index in [2.05, 4.69) is 22.0 Å². The van der Waals surface area contributed by atoms with Crippen LogP contribution in [0.2, 0.25) is 0 Å². The fourth-order valence-corrected chi connectivity index (χ4v) is 5.62. The second-order valence-corrected chi connectivity index (χ2v) is 9.11. The molecule has 1 unspecified atom stereocenters. The van der Waals surface area contributed by atoms with Gasteiger partial charge in [-0.25, -0.2) is 0 Å². The second kappa shape index (κ2) is 8.94. The molecule has 2 aliphatic heterocycles. The molecule has 1 spiro atoms. The Hall–Kier alpha value is -3.25. The molecule has 0 aliphatic carbocycles. The number of pyridine rings is 1. The Morgan fingerprint density at radius 2 is 1.76 bits per heavy atom. The monoisotopic (exact) mass is 443 g/mol. The first-order valence-electron chi connectivity index (χ1n) is 11.6. The molecule has 2 saturated heterocycles. The van der Waals surface area contributed by atoms with E-state index in [0.717, 1.165) is 43.6 Å². The van der Waals surface area contributed by atoms with Crippen molar-refractivity contribution in [1.29, 1.82) is 0 Å². The van der Waals surface area contributed by atoms with Gasteiger partial charge in [0.25, 0.3) is 0 Å². The Kier molecular flexibility index (Phi) is 5.85. The normalized spacial score (nSPS) is 20.5. The summed E-state index contributed by atoms with van der Waals surface area (Å²) in [5.74, 6) is -0.641. The predicted octanol–water partition coefficient (Wildman–Crippen LogP) is 3.79. The summed E-state index contributed by atoms with van der Waals surface area (Å²) in [6.07, 6.45) is 3.62. The Morgan fingerprint density at radius 1 is 1.03 bits per heavy atom. The van der Waals surface area contributed by atoms with Gasteiger partial charge >= 0.3 is 5.97 Å². The zero-order chi connectivity index (χ0) is 22.8. The first-order valence-corrected chi connectivity index (χ1v) is 11.6. The van der Waals surface area contributed by atoms with Crippen molar-refractivity contribution in [1.82, 2.24) is 14.8 Å². The number of para-hydroxylation sites is 1. The van der Waals surface area contributed by atoms with Crippen molar-refractivity contribution in [3.63, 3.8) is 0 Å². The number of hydrogen-bond donors (Lipinski definition) is 0. The zero-order valence-corrected chi connectivity index (χ0v) is 18.9. The summed E-state index contributed by atoms with van der Waals surface area (Å²) < 4.78 is 5.14. The van der Waals surface area contributed by atoms with E-state index >= 15 is 0 Å². The molecule has 1 aromatic heterocycles. The third-order valence-corrected chi connectivity index (χ3v) is 7.39. The first-order chi connectivity index (χ1) is 16.1. The third-order valence-electron chi connectivity index (χ3n) is 7.39. The highest BCUT2D eigenvalue weighted by molar-refractivity contribution is 5.89. The molecule has 0 saturated carbocycles. The molecule has 2 aliphatic rings. The summed E-state index contributed by atoms with van der Waals surface area (Å²) in [4.78, 5) is 34.7. The average Bonchev–Trinajstić information content (AvgIpc) is 3.12. The van der Waals surface area contributed by atoms with Crippen LogP contribution in [0.25, 0.3) is 10.9 Å². The van der Waals surface area contributed by atoms with Gasteiger partial charge in [-0.05, 0) is 36.1 Å². The number of likely N-dealkylation sites (tertiary alicyclic amines) is 2. The van der Waals surface area contributed by atoms with Crippen LogP contribution in [-0.4, -0.2) is 52.4 Å². The van der Waals surface area contributed by atoms with Crippen LogP contribution in [0.15, 0.2) is 66.9 Å². The largest absolute Gasteiger partial charge is 0.469 e. The number of ether oxygens (including phenoxy) is 1. The van der Waals surface area contributed by atoms with Crippen molar-refractivity contribution < 1.29 is 14.3 Å². The van der Waals surface area contributed by atoms with E-state index in [9.17, 15) is 9.59 Å². The lowest BCUT2D eigenvalue weighted by atomic mass is 9.76. The van der Waals surface area contributed by atoms with Gasteiger partial charge in [0.05, 0.1) is 24.1 Å². The van der Waals surface area contributed by atoms with Gasteiger partial charge in [0, 0.05) is 44.2 Å². The van der Waals surface area contributed by atoms with Gasteiger partial charge in [-0.1, -0.05) is 48.5 Å². The van der Waals surface area contributed by atoms with Crippen LogP contribution < -0.4 is 0 Å². The number of rotatable bonds is 5. The quantitative estimate of drug-likeness (QED) is 0.562. The molecule has 1 atom stereocenters. The summed E-state index contributed by atoms with van der Waals surface area (Å²) in [5, 5.41) is 1.18. The van der Waals surface area contributed by atoms with Crippen LogP contribution in [0.1, 0.15) is 30.4 Å². The lowest BCUT2D eigenvalue weighted by Crippen LogP contribution is -2.57. The van der Waals surface area contributed by atoms with E-state index in [1.165, 1.54) is 18.1 Å². The molecule has 2 fully saturated rings. The Bertz CT molecular complexity index is 1150. The van der Waals surface area contributed by atoms with E-state index in [4.69, 9.17) is 4.74 Å². The van der Waals surface area contributed by atoms with Gasteiger partial charge in [-0.15, -0.1) is 0 Å². The van der Waals surface area contributed by atoms with E-state index in [1.54, 1.807) is 0 Å². The Morgan fingerprint density at radius 3 is 2.52 bits per heavy atom. The fraction of sp³-hybridized carbons (Fsp3) is 0.370. The lowest BCUT2D eigenvalue weighted by Gasteiger charge is -2.47.